The molecule has 0 saturated carbocycles. The normalized spacial score (nSPS) is 9.13. The predicted octanol–water partition coefficient (Wildman–Crippen LogP) is 2.11. The predicted molar refractivity (Wildman–Crippen MR) is 62.1 cm³/mol. The number of terminal acetylenes is 3. The van der Waals surface area contributed by atoms with Crippen molar-refractivity contribution < 1.29 is 0 Å². The molecule has 0 aliphatic carbocycles. The topological polar surface area (TPSA) is 15.8 Å². The van der Waals surface area contributed by atoms with Gasteiger partial charge in [-0.15, -0.1) is 19.3 Å². The van der Waals surface area contributed by atoms with E-state index in [1.165, 1.54) is 0 Å². The zero-order valence-electron chi connectivity index (χ0n) is 7.96. The number of hydrogen-bond acceptors (Lipinski definition) is 0. The van der Waals surface area contributed by atoms with Crippen molar-refractivity contribution in [3.8, 4) is 37.0 Å². The summed E-state index contributed by atoms with van der Waals surface area (Å²) in [6.45, 7) is 0. The van der Waals surface area contributed by atoms with Crippen LogP contribution in [-0.2, 0) is 0 Å². The number of nitrogens with one attached hydrogen (secondary N) is 1. The molecule has 1 N–H and O–H groups in total. The molecule has 1 heteroatoms. The van der Waals surface area contributed by atoms with E-state index in [4.69, 9.17) is 19.3 Å². The molecule has 1 aromatic carbocycles. The Morgan fingerprint density at radius 1 is 0.933 bits per heavy atom. The fraction of sp³-hybridized carbons (Fsp3) is 0. The number of hydrogen-bond donors (Lipinski definition) is 1. The second-order valence-electron chi connectivity index (χ2n) is 3.08. The Hall–Kier alpha value is -2.56. The highest BCUT2D eigenvalue weighted by Crippen LogP contribution is 2.23. The quantitative estimate of drug-likeness (QED) is 0.611. The van der Waals surface area contributed by atoms with Gasteiger partial charge in [0.2, 0.25) is 0 Å². The van der Waals surface area contributed by atoms with E-state index in [1.54, 1.807) is 12.3 Å². The monoisotopic (exact) mass is 189 g/mol. The molecule has 0 amide bonds. The van der Waals surface area contributed by atoms with Crippen molar-refractivity contribution in [1.82, 2.24) is 4.98 Å². The molecule has 2 rings (SSSR count). The molecule has 2 aromatic rings. The molecule has 68 valence electrons. The fourth-order valence-electron chi connectivity index (χ4n) is 1.58. The average Bonchev–Trinajstić information content (AvgIpc) is 2.70. The van der Waals surface area contributed by atoms with Crippen molar-refractivity contribution >= 4 is 10.9 Å². The largest absolute Gasteiger partial charge is 0.360 e. The van der Waals surface area contributed by atoms with E-state index in [9.17, 15) is 0 Å². The van der Waals surface area contributed by atoms with Crippen LogP contribution in [0.1, 0.15) is 16.7 Å². The second-order valence-corrected chi connectivity index (χ2v) is 3.08. The third-order valence-electron chi connectivity index (χ3n) is 2.26. The number of H-pyrrole nitrogens is 1. The van der Waals surface area contributed by atoms with Crippen LogP contribution in [-0.4, -0.2) is 4.98 Å². The minimum absolute atomic E-state index is 0.731. The standard InChI is InChI=1S/C14H7N/c1-4-10-7-11(5-2)14-12(6-3)9-15-13(14)8-10/h1-3,7-9,15H. The van der Waals surface area contributed by atoms with Crippen molar-refractivity contribution in [2.24, 2.45) is 0 Å². The summed E-state index contributed by atoms with van der Waals surface area (Å²) in [4.78, 5) is 3.05. The Morgan fingerprint density at radius 2 is 1.67 bits per heavy atom. The van der Waals surface area contributed by atoms with E-state index >= 15 is 0 Å². The van der Waals surface area contributed by atoms with E-state index in [1.807, 2.05) is 6.07 Å². The van der Waals surface area contributed by atoms with Gasteiger partial charge >= 0.3 is 0 Å². The van der Waals surface area contributed by atoms with E-state index in [0.717, 1.165) is 27.6 Å². The lowest BCUT2D eigenvalue weighted by Crippen LogP contribution is -1.82. The van der Waals surface area contributed by atoms with Crippen LogP contribution in [0, 0.1) is 37.0 Å². The van der Waals surface area contributed by atoms with Gasteiger partial charge < -0.3 is 4.98 Å². The lowest BCUT2D eigenvalue weighted by atomic mass is 10.0. The summed E-state index contributed by atoms with van der Waals surface area (Å²) in [7, 11) is 0. The second kappa shape index (κ2) is 3.30. The Kier molecular flexibility index (Phi) is 1.98. The van der Waals surface area contributed by atoms with Crippen molar-refractivity contribution in [2.45, 2.75) is 0 Å². The van der Waals surface area contributed by atoms with Crippen LogP contribution in [0.15, 0.2) is 18.3 Å². The Morgan fingerprint density at radius 3 is 2.27 bits per heavy atom. The molecule has 1 heterocycles. The molecule has 1 nitrogen and oxygen atoms in total. The van der Waals surface area contributed by atoms with Gasteiger partial charge in [0.1, 0.15) is 0 Å². The molecule has 0 spiro atoms. The van der Waals surface area contributed by atoms with Crippen molar-refractivity contribution in [3.05, 3.63) is 35.0 Å². The van der Waals surface area contributed by atoms with Gasteiger partial charge in [0, 0.05) is 28.2 Å². The van der Waals surface area contributed by atoms with Gasteiger partial charge in [-0.25, -0.2) is 0 Å². The van der Waals surface area contributed by atoms with Crippen LogP contribution in [0.25, 0.3) is 10.9 Å². The summed E-state index contributed by atoms with van der Waals surface area (Å²) in [5.41, 5.74) is 3.13. The van der Waals surface area contributed by atoms with Crippen LogP contribution in [0.4, 0.5) is 0 Å². The molecular formula is C14H7N. The zero-order chi connectivity index (χ0) is 10.8. The molecule has 0 radical (unpaired) electrons. The first-order valence-corrected chi connectivity index (χ1v) is 4.35. The van der Waals surface area contributed by atoms with E-state index in [-0.39, 0.29) is 0 Å². The summed E-state index contributed by atoms with van der Waals surface area (Å²) in [6, 6.07) is 3.65. The number of aromatic amines is 1. The van der Waals surface area contributed by atoms with Crippen molar-refractivity contribution in [1.29, 1.82) is 0 Å². The van der Waals surface area contributed by atoms with E-state index in [2.05, 4.69) is 22.7 Å². The van der Waals surface area contributed by atoms with Crippen molar-refractivity contribution in [3.63, 3.8) is 0 Å². The number of fused-ring (bicyclic) bond motifs is 1. The van der Waals surface area contributed by atoms with E-state index < -0.39 is 0 Å². The van der Waals surface area contributed by atoms with Gasteiger partial charge in [0.15, 0.2) is 0 Å². The smallest absolute Gasteiger partial charge is 0.0508 e. The minimum Gasteiger partial charge on any atom is -0.360 e. The Bertz CT molecular complexity index is 651. The molecule has 0 fully saturated rings. The van der Waals surface area contributed by atoms with Gasteiger partial charge in [0.25, 0.3) is 0 Å². The highest BCUT2D eigenvalue weighted by molar-refractivity contribution is 5.92. The average molecular weight is 189 g/mol. The van der Waals surface area contributed by atoms with Crippen LogP contribution < -0.4 is 0 Å². The Balaban J connectivity index is 2.95. The van der Waals surface area contributed by atoms with Crippen LogP contribution in [0.5, 0.6) is 0 Å². The summed E-state index contributed by atoms with van der Waals surface area (Å²) >= 11 is 0. The van der Waals surface area contributed by atoms with Crippen LogP contribution in [0.3, 0.4) is 0 Å². The summed E-state index contributed by atoms with van der Waals surface area (Å²) in [5.74, 6) is 7.73. The van der Waals surface area contributed by atoms with Gasteiger partial charge in [-0.05, 0) is 12.1 Å². The highest BCUT2D eigenvalue weighted by atomic mass is 14.7. The zero-order valence-corrected chi connectivity index (χ0v) is 7.96. The van der Waals surface area contributed by atoms with Gasteiger partial charge in [-0.1, -0.05) is 17.8 Å². The summed E-state index contributed by atoms with van der Waals surface area (Å²) in [6.07, 6.45) is 17.9. The molecule has 0 aliphatic rings. The van der Waals surface area contributed by atoms with Gasteiger partial charge in [-0.3, -0.25) is 0 Å². The first-order valence-electron chi connectivity index (χ1n) is 4.35. The summed E-state index contributed by atoms with van der Waals surface area (Å²) < 4.78 is 0. The Labute approximate surface area is 88.5 Å². The molecule has 0 unspecified atom stereocenters. The lowest BCUT2D eigenvalue weighted by Gasteiger charge is -1.98. The van der Waals surface area contributed by atoms with Crippen molar-refractivity contribution in [2.75, 3.05) is 0 Å². The van der Waals surface area contributed by atoms with Gasteiger partial charge in [-0.2, -0.15) is 0 Å². The lowest BCUT2D eigenvalue weighted by molar-refractivity contribution is 1.46. The minimum atomic E-state index is 0.731. The molecule has 15 heavy (non-hydrogen) atoms. The maximum absolute atomic E-state index is 5.42. The van der Waals surface area contributed by atoms with E-state index in [0.29, 0.717) is 0 Å². The molecule has 0 aliphatic heterocycles. The third kappa shape index (κ3) is 1.26. The number of rotatable bonds is 0. The molecule has 0 atom stereocenters. The summed E-state index contributed by atoms with van der Waals surface area (Å²) in [5, 5.41) is 0.888. The molecular weight excluding hydrogens is 182 g/mol. The van der Waals surface area contributed by atoms with Crippen LogP contribution in [0.2, 0.25) is 0 Å². The SMILES string of the molecule is C#Cc1cc(C#C)c2c(C#C)c[nH]c2c1. The molecule has 0 bridgehead atoms. The highest BCUT2D eigenvalue weighted by Gasteiger charge is 2.06. The van der Waals surface area contributed by atoms with Crippen LogP contribution >= 0.6 is 0 Å². The molecule has 1 aromatic heterocycles. The first kappa shape index (κ1) is 9.01. The first-order chi connectivity index (χ1) is 7.30. The third-order valence-corrected chi connectivity index (χ3v) is 2.26. The maximum atomic E-state index is 5.42. The number of benzene rings is 1. The number of aromatic nitrogens is 1. The van der Waals surface area contributed by atoms with Gasteiger partial charge in [0.05, 0.1) is 5.56 Å². The fourth-order valence-corrected chi connectivity index (χ4v) is 1.58. The maximum Gasteiger partial charge on any atom is 0.0508 e. The molecule has 0 saturated heterocycles.